The van der Waals surface area contributed by atoms with Crippen LogP contribution in [0.3, 0.4) is 0 Å². The van der Waals surface area contributed by atoms with E-state index < -0.39 is 15.6 Å². The number of nitrogens with one attached hydrogen (secondary N) is 1. The lowest BCUT2D eigenvalue weighted by atomic mass is 9.96. The van der Waals surface area contributed by atoms with Crippen LogP contribution in [-0.4, -0.2) is 72.8 Å². The van der Waals surface area contributed by atoms with E-state index in [0.717, 1.165) is 12.8 Å². The Morgan fingerprint density at radius 1 is 1.18 bits per heavy atom. The molecule has 0 radical (unpaired) electrons. The monoisotopic (exact) mass is 470 g/mol. The van der Waals surface area contributed by atoms with Crippen LogP contribution in [0.5, 0.6) is 0 Å². The summed E-state index contributed by atoms with van der Waals surface area (Å²) < 4.78 is 27.8. The summed E-state index contributed by atoms with van der Waals surface area (Å²) in [4.78, 5) is 28.5. The number of nitrogens with zero attached hydrogens (tertiary/aromatic N) is 3. The van der Waals surface area contributed by atoms with Gasteiger partial charge < -0.3 is 5.32 Å². The molecule has 2 saturated heterocycles. The summed E-state index contributed by atoms with van der Waals surface area (Å²) in [5, 5.41) is 2.84. The molecule has 1 N–H and O–H groups in total. The molecule has 1 aromatic carbocycles. The molecule has 10 heteroatoms. The van der Waals surface area contributed by atoms with E-state index in [0.29, 0.717) is 30.7 Å². The molecule has 1 aliphatic carbocycles. The van der Waals surface area contributed by atoms with E-state index >= 15 is 0 Å². The van der Waals surface area contributed by atoms with E-state index in [-0.39, 0.29) is 29.4 Å². The van der Waals surface area contributed by atoms with Crippen LogP contribution < -0.4 is 5.32 Å². The Bertz CT molecular complexity index is 912. The molecular weight excluding hydrogens is 448 g/mol. The molecule has 0 aromatic heterocycles. The molecule has 2 heterocycles. The van der Waals surface area contributed by atoms with Crippen LogP contribution >= 0.6 is 15.9 Å². The largest absolute Gasteiger partial charge is 0.326 e. The Morgan fingerprint density at radius 3 is 2.46 bits per heavy atom. The third kappa shape index (κ3) is 3.47. The Balaban J connectivity index is 1.38. The van der Waals surface area contributed by atoms with Gasteiger partial charge in [-0.3, -0.25) is 9.69 Å². The van der Waals surface area contributed by atoms with Crippen molar-refractivity contribution >= 4 is 37.9 Å². The van der Waals surface area contributed by atoms with Gasteiger partial charge in [0.2, 0.25) is 10.0 Å². The Kier molecular flexibility index (Phi) is 5.01. The molecule has 3 aliphatic rings. The molecule has 4 rings (SSSR count). The van der Waals surface area contributed by atoms with Crippen molar-refractivity contribution in [2.45, 2.75) is 30.2 Å². The summed E-state index contributed by atoms with van der Waals surface area (Å²) in [6, 6.07) is 6.29. The summed E-state index contributed by atoms with van der Waals surface area (Å²) in [5.41, 5.74) is -0.789. The maximum Gasteiger partial charge on any atom is 0.326 e. The number of imide groups is 1. The molecule has 3 amide bonds. The van der Waals surface area contributed by atoms with Gasteiger partial charge in [-0.05, 0) is 43.9 Å². The average molecular weight is 471 g/mol. The summed E-state index contributed by atoms with van der Waals surface area (Å²) >= 11 is 3.31. The normalized spacial score (nSPS) is 27.3. The molecule has 1 unspecified atom stereocenters. The van der Waals surface area contributed by atoms with E-state index in [1.54, 1.807) is 31.2 Å². The van der Waals surface area contributed by atoms with Gasteiger partial charge in [0.05, 0.1) is 11.6 Å². The van der Waals surface area contributed by atoms with Crippen molar-refractivity contribution in [2.75, 3.05) is 32.8 Å². The van der Waals surface area contributed by atoms with Crippen LogP contribution in [0.1, 0.15) is 19.8 Å². The number of amides is 3. The van der Waals surface area contributed by atoms with Gasteiger partial charge in [0, 0.05) is 30.7 Å². The van der Waals surface area contributed by atoms with Gasteiger partial charge in [-0.15, -0.1) is 0 Å². The summed E-state index contributed by atoms with van der Waals surface area (Å²) in [6.45, 7) is 3.55. The molecule has 28 heavy (non-hydrogen) atoms. The maximum absolute atomic E-state index is 12.8. The molecule has 8 nitrogen and oxygen atoms in total. The molecular formula is C18H23BrN4O4S. The van der Waals surface area contributed by atoms with Crippen LogP contribution in [0.15, 0.2) is 33.6 Å². The van der Waals surface area contributed by atoms with E-state index in [9.17, 15) is 18.0 Å². The van der Waals surface area contributed by atoms with Crippen LogP contribution in [0.4, 0.5) is 4.79 Å². The van der Waals surface area contributed by atoms with Crippen LogP contribution in [0, 0.1) is 5.92 Å². The van der Waals surface area contributed by atoms with E-state index in [2.05, 4.69) is 21.2 Å². The number of hydrogen-bond donors (Lipinski definition) is 1. The van der Waals surface area contributed by atoms with Gasteiger partial charge >= 0.3 is 6.03 Å². The minimum Gasteiger partial charge on any atom is -0.323 e. The highest BCUT2D eigenvalue weighted by atomic mass is 79.9. The van der Waals surface area contributed by atoms with Crippen molar-refractivity contribution in [3.05, 3.63) is 28.7 Å². The predicted molar refractivity (Wildman–Crippen MR) is 106 cm³/mol. The number of hydrogen-bond acceptors (Lipinski definition) is 5. The Morgan fingerprint density at radius 2 is 1.86 bits per heavy atom. The van der Waals surface area contributed by atoms with Gasteiger partial charge in [0.25, 0.3) is 5.91 Å². The predicted octanol–water partition coefficient (Wildman–Crippen LogP) is 1.43. The van der Waals surface area contributed by atoms with Crippen LogP contribution in [0.2, 0.25) is 0 Å². The first-order valence-corrected chi connectivity index (χ1v) is 11.6. The zero-order valence-electron chi connectivity index (χ0n) is 15.6. The summed E-state index contributed by atoms with van der Waals surface area (Å²) in [7, 11) is -3.56. The molecule has 2 aliphatic heterocycles. The second-order valence-corrected chi connectivity index (χ2v) is 10.6. The van der Waals surface area contributed by atoms with Gasteiger partial charge in [0.15, 0.2) is 0 Å². The molecule has 152 valence electrons. The SMILES string of the molecule is CC1(C2CC2)NC(=O)N(CN2CCN(S(=O)(=O)c3cccc(Br)c3)CC2)C1=O. The Labute approximate surface area is 173 Å². The number of sulfonamides is 1. The fourth-order valence-corrected chi connectivity index (χ4v) is 5.89. The molecule has 1 atom stereocenters. The van der Waals surface area contributed by atoms with Crippen molar-refractivity contribution < 1.29 is 18.0 Å². The number of carbonyl (C=O) groups excluding carboxylic acids is 2. The highest BCUT2D eigenvalue weighted by molar-refractivity contribution is 9.10. The minimum absolute atomic E-state index is 0.177. The quantitative estimate of drug-likeness (QED) is 0.657. The second-order valence-electron chi connectivity index (χ2n) is 7.76. The third-order valence-electron chi connectivity index (χ3n) is 5.80. The minimum atomic E-state index is -3.56. The third-order valence-corrected chi connectivity index (χ3v) is 8.19. The first-order chi connectivity index (χ1) is 13.2. The molecule has 0 spiro atoms. The molecule has 1 saturated carbocycles. The second kappa shape index (κ2) is 7.08. The van der Waals surface area contributed by atoms with Gasteiger partial charge in [0.1, 0.15) is 5.54 Å². The Hall–Kier alpha value is -1.49. The van der Waals surface area contributed by atoms with E-state index in [1.165, 1.54) is 9.21 Å². The fraction of sp³-hybridized carbons (Fsp3) is 0.556. The lowest BCUT2D eigenvalue weighted by molar-refractivity contribution is -0.133. The van der Waals surface area contributed by atoms with Gasteiger partial charge in [-0.25, -0.2) is 18.1 Å². The number of halogens is 1. The lowest BCUT2D eigenvalue weighted by Crippen LogP contribution is -2.53. The average Bonchev–Trinajstić information content (AvgIpc) is 3.48. The highest BCUT2D eigenvalue weighted by Gasteiger charge is 2.56. The fourth-order valence-electron chi connectivity index (χ4n) is 3.87. The number of carbonyl (C=O) groups is 2. The van der Waals surface area contributed by atoms with E-state index in [4.69, 9.17) is 0 Å². The first kappa shape index (κ1) is 19.8. The summed E-state index contributed by atoms with van der Waals surface area (Å²) in [5.74, 6) is 0.0466. The van der Waals surface area contributed by atoms with Gasteiger partial charge in [-0.1, -0.05) is 22.0 Å². The first-order valence-electron chi connectivity index (χ1n) is 9.34. The molecule has 0 bridgehead atoms. The topological polar surface area (TPSA) is 90.0 Å². The number of benzene rings is 1. The smallest absolute Gasteiger partial charge is 0.323 e. The van der Waals surface area contributed by atoms with Gasteiger partial charge in [-0.2, -0.15) is 4.31 Å². The standard InChI is InChI=1S/C18H23BrN4O4S/c1-18(13-5-6-13)16(24)23(17(25)20-18)12-21-7-9-22(10-8-21)28(26,27)15-4-2-3-14(19)11-15/h2-4,11,13H,5-10,12H2,1H3,(H,20,25). The zero-order chi connectivity index (χ0) is 20.1. The highest BCUT2D eigenvalue weighted by Crippen LogP contribution is 2.42. The zero-order valence-corrected chi connectivity index (χ0v) is 18.0. The number of rotatable bonds is 5. The maximum atomic E-state index is 12.8. The van der Waals surface area contributed by atoms with Crippen molar-refractivity contribution in [1.29, 1.82) is 0 Å². The number of urea groups is 1. The molecule has 3 fully saturated rings. The van der Waals surface area contributed by atoms with Crippen molar-refractivity contribution in [1.82, 2.24) is 19.4 Å². The van der Waals surface area contributed by atoms with Crippen LogP contribution in [0.25, 0.3) is 0 Å². The lowest BCUT2D eigenvalue weighted by Gasteiger charge is -2.35. The van der Waals surface area contributed by atoms with E-state index in [1.807, 2.05) is 4.90 Å². The van der Waals surface area contributed by atoms with Crippen molar-refractivity contribution in [3.8, 4) is 0 Å². The van der Waals surface area contributed by atoms with Crippen molar-refractivity contribution in [2.24, 2.45) is 5.92 Å². The summed E-state index contributed by atoms with van der Waals surface area (Å²) in [6.07, 6.45) is 1.92. The molecule has 1 aromatic rings. The van der Waals surface area contributed by atoms with Crippen molar-refractivity contribution in [3.63, 3.8) is 0 Å². The number of piperazine rings is 1. The van der Waals surface area contributed by atoms with Crippen LogP contribution in [-0.2, 0) is 14.8 Å².